The van der Waals surface area contributed by atoms with E-state index in [-0.39, 0.29) is 34.8 Å². The van der Waals surface area contributed by atoms with Crippen LogP contribution in [-0.2, 0) is 0 Å². The number of nitrogens with zero attached hydrogens (tertiary/aromatic N) is 4. The summed E-state index contributed by atoms with van der Waals surface area (Å²) in [6.07, 6.45) is 0.676. The van der Waals surface area contributed by atoms with Crippen LogP contribution in [0.1, 0.15) is 25.7 Å². The summed E-state index contributed by atoms with van der Waals surface area (Å²) in [6.45, 7) is 0.663. The van der Waals surface area contributed by atoms with E-state index in [4.69, 9.17) is 9.47 Å². The number of halogens is 4. The zero-order valence-electron chi connectivity index (χ0n) is 19.9. The van der Waals surface area contributed by atoms with Crippen LogP contribution in [0.5, 0.6) is 11.9 Å². The van der Waals surface area contributed by atoms with Gasteiger partial charge in [-0.15, -0.1) is 0 Å². The zero-order chi connectivity index (χ0) is 25.6. The van der Waals surface area contributed by atoms with Crippen molar-refractivity contribution in [3.63, 3.8) is 0 Å². The van der Waals surface area contributed by atoms with Crippen molar-refractivity contribution in [3.8, 4) is 23.1 Å². The Balaban J connectivity index is 1.43. The molecule has 2 aliphatic heterocycles. The third kappa shape index (κ3) is 4.43. The summed E-state index contributed by atoms with van der Waals surface area (Å²) in [6, 6.07) is 12.7. The van der Waals surface area contributed by atoms with Crippen molar-refractivity contribution in [2.75, 3.05) is 26.3 Å². The van der Waals surface area contributed by atoms with Gasteiger partial charge in [0.15, 0.2) is 12.4 Å². The molecule has 0 atom stereocenters. The molecule has 37 heavy (non-hydrogen) atoms. The molecular weight excluding hydrogens is 488 g/mol. The molecular formula is C27H24F4N4O2. The molecule has 0 aliphatic carbocycles. The Kier molecular flexibility index (Phi) is 5.86. The van der Waals surface area contributed by atoms with Gasteiger partial charge in [-0.1, -0.05) is 42.5 Å². The van der Waals surface area contributed by atoms with Crippen LogP contribution in [0.3, 0.4) is 0 Å². The maximum atomic E-state index is 16.0. The molecule has 10 heteroatoms. The Labute approximate surface area is 210 Å². The van der Waals surface area contributed by atoms with E-state index in [9.17, 15) is 13.2 Å². The van der Waals surface area contributed by atoms with E-state index in [1.54, 1.807) is 12.1 Å². The Morgan fingerprint density at radius 1 is 0.919 bits per heavy atom. The lowest BCUT2D eigenvalue weighted by Crippen LogP contribution is -2.43. The number of hydrogen-bond donors (Lipinski definition) is 0. The lowest BCUT2D eigenvalue weighted by Gasteiger charge is -2.31. The normalized spacial score (nSPS) is 17.4. The van der Waals surface area contributed by atoms with Gasteiger partial charge in [0.2, 0.25) is 5.88 Å². The summed E-state index contributed by atoms with van der Waals surface area (Å²) >= 11 is 0. The zero-order valence-corrected chi connectivity index (χ0v) is 19.9. The van der Waals surface area contributed by atoms with Crippen LogP contribution in [-0.4, -0.2) is 57.9 Å². The molecule has 2 fully saturated rings. The summed E-state index contributed by atoms with van der Waals surface area (Å²) in [7, 11) is 0. The Bertz CT molecular complexity index is 1460. The predicted octanol–water partition coefficient (Wildman–Crippen LogP) is 5.93. The fourth-order valence-electron chi connectivity index (χ4n) is 5.62. The molecule has 0 spiro atoms. The third-order valence-corrected chi connectivity index (χ3v) is 7.33. The fourth-order valence-corrected chi connectivity index (χ4v) is 5.62. The Morgan fingerprint density at radius 3 is 2.46 bits per heavy atom. The van der Waals surface area contributed by atoms with Crippen molar-refractivity contribution in [2.45, 2.75) is 37.4 Å². The number of alkyl halides is 3. The van der Waals surface area contributed by atoms with Gasteiger partial charge >= 0.3 is 12.2 Å². The number of aromatic nitrogens is 3. The van der Waals surface area contributed by atoms with Gasteiger partial charge in [-0.2, -0.15) is 23.1 Å². The van der Waals surface area contributed by atoms with Gasteiger partial charge in [-0.05, 0) is 49.5 Å². The number of pyridine rings is 1. The summed E-state index contributed by atoms with van der Waals surface area (Å²) < 4.78 is 65.8. The first kappa shape index (κ1) is 23.8. The van der Waals surface area contributed by atoms with Crippen molar-refractivity contribution in [2.24, 2.45) is 0 Å². The molecule has 0 radical (unpaired) electrons. The van der Waals surface area contributed by atoms with Gasteiger partial charge in [0.25, 0.3) is 0 Å². The van der Waals surface area contributed by atoms with E-state index >= 15 is 4.39 Å². The SMILES string of the molecule is Fc1c(-c2cccc3ccccc23)ncc2c(OCC(F)(F)F)nc(OCC34CCCN3CCC4)nc12. The Morgan fingerprint density at radius 2 is 1.68 bits per heavy atom. The van der Waals surface area contributed by atoms with Gasteiger partial charge in [-0.25, -0.2) is 4.39 Å². The average Bonchev–Trinajstić information content (AvgIpc) is 3.46. The van der Waals surface area contributed by atoms with Crippen LogP contribution in [0, 0.1) is 5.82 Å². The first-order chi connectivity index (χ1) is 17.8. The molecule has 2 aliphatic rings. The van der Waals surface area contributed by atoms with Crippen molar-refractivity contribution in [1.82, 2.24) is 19.9 Å². The van der Waals surface area contributed by atoms with E-state index < -0.39 is 24.5 Å². The van der Waals surface area contributed by atoms with Crippen LogP contribution >= 0.6 is 0 Å². The summed E-state index contributed by atoms with van der Waals surface area (Å²) in [5, 5.41) is 1.63. The molecule has 0 unspecified atom stereocenters. The van der Waals surface area contributed by atoms with Crippen LogP contribution in [0.2, 0.25) is 0 Å². The maximum absolute atomic E-state index is 16.0. The van der Waals surface area contributed by atoms with E-state index in [0.717, 1.165) is 49.5 Å². The van der Waals surface area contributed by atoms with Crippen LogP contribution in [0.15, 0.2) is 48.7 Å². The third-order valence-electron chi connectivity index (χ3n) is 7.33. The van der Waals surface area contributed by atoms with Crippen molar-refractivity contribution < 1.29 is 27.0 Å². The Hall–Kier alpha value is -3.53. The molecule has 192 valence electrons. The number of hydrogen-bond acceptors (Lipinski definition) is 6. The highest BCUT2D eigenvalue weighted by atomic mass is 19.4. The second kappa shape index (κ2) is 9.09. The minimum absolute atomic E-state index is 0.0343. The van der Waals surface area contributed by atoms with Gasteiger partial charge in [-0.3, -0.25) is 9.88 Å². The second-order valence-corrected chi connectivity index (χ2v) is 9.63. The number of ether oxygens (including phenoxy) is 2. The van der Waals surface area contributed by atoms with Crippen LogP contribution < -0.4 is 9.47 Å². The quantitative estimate of drug-likeness (QED) is 0.299. The smallest absolute Gasteiger partial charge is 0.422 e. The van der Waals surface area contributed by atoms with Crippen molar-refractivity contribution in [1.29, 1.82) is 0 Å². The summed E-state index contributed by atoms with van der Waals surface area (Å²) in [5.41, 5.74) is 0.234. The molecule has 6 nitrogen and oxygen atoms in total. The highest BCUT2D eigenvalue weighted by molar-refractivity contribution is 5.98. The van der Waals surface area contributed by atoms with Crippen LogP contribution in [0.4, 0.5) is 17.6 Å². The highest BCUT2D eigenvalue weighted by Crippen LogP contribution is 2.40. The van der Waals surface area contributed by atoms with E-state index in [0.29, 0.717) is 5.56 Å². The van der Waals surface area contributed by atoms with Gasteiger partial charge in [0, 0.05) is 11.8 Å². The summed E-state index contributed by atoms with van der Waals surface area (Å²) in [5.74, 6) is -1.19. The molecule has 4 aromatic rings. The van der Waals surface area contributed by atoms with Gasteiger partial charge in [0.1, 0.15) is 17.8 Å². The summed E-state index contributed by atoms with van der Waals surface area (Å²) in [4.78, 5) is 15.0. The van der Waals surface area contributed by atoms with E-state index in [2.05, 4.69) is 19.9 Å². The standard InChI is InChI=1S/C27H24F4N4O2/c28-21-22(19-9-3-7-17-6-1-2-8-18(17)19)32-14-20-23(21)33-25(34-24(20)36-16-27(29,30)31)37-15-26-10-4-12-35(26)13-5-11-26/h1-3,6-9,14H,4-5,10-13,15-16H2. The molecule has 0 N–H and O–H groups in total. The number of rotatable bonds is 6. The molecule has 0 saturated carbocycles. The largest absolute Gasteiger partial charge is 0.467 e. The molecule has 6 rings (SSSR count). The predicted molar refractivity (Wildman–Crippen MR) is 130 cm³/mol. The van der Waals surface area contributed by atoms with Gasteiger partial charge in [0.05, 0.1) is 10.9 Å². The maximum Gasteiger partial charge on any atom is 0.422 e. The van der Waals surface area contributed by atoms with Crippen molar-refractivity contribution in [3.05, 3.63) is 54.5 Å². The molecule has 0 bridgehead atoms. The van der Waals surface area contributed by atoms with Crippen molar-refractivity contribution >= 4 is 21.7 Å². The molecule has 2 aromatic heterocycles. The second-order valence-electron chi connectivity index (χ2n) is 9.63. The van der Waals surface area contributed by atoms with Gasteiger partial charge < -0.3 is 9.47 Å². The molecule has 2 saturated heterocycles. The highest BCUT2D eigenvalue weighted by Gasteiger charge is 2.45. The minimum atomic E-state index is -4.60. The van der Waals surface area contributed by atoms with Crippen LogP contribution in [0.25, 0.3) is 32.9 Å². The monoisotopic (exact) mass is 512 g/mol. The minimum Gasteiger partial charge on any atom is -0.467 e. The molecule has 4 heterocycles. The lowest BCUT2D eigenvalue weighted by atomic mass is 9.95. The lowest BCUT2D eigenvalue weighted by molar-refractivity contribution is -0.153. The molecule has 2 aromatic carbocycles. The first-order valence-corrected chi connectivity index (χ1v) is 12.2. The topological polar surface area (TPSA) is 60.4 Å². The van der Waals surface area contributed by atoms with E-state index in [1.165, 1.54) is 6.20 Å². The van der Waals surface area contributed by atoms with E-state index in [1.807, 2.05) is 30.3 Å². The number of fused-ring (bicyclic) bond motifs is 3. The first-order valence-electron chi connectivity index (χ1n) is 12.2. The molecule has 0 amide bonds. The fraction of sp³-hybridized carbons (Fsp3) is 0.370. The average molecular weight is 513 g/mol. The number of benzene rings is 2.